The van der Waals surface area contributed by atoms with E-state index in [-0.39, 0.29) is 17.0 Å². The first kappa shape index (κ1) is 16.0. The van der Waals surface area contributed by atoms with Crippen LogP contribution in [0.1, 0.15) is 62.1 Å². The molecule has 2 aromatic rings. The molecule has 1 heterocycles. The lowest BCUT2D eigenvalue weighted by molar-refractivity contribution is 0.0990. The summed E-state index contributed by atoms with van der Waals surface area (Å²) < 4.78 is 5.80. The van der Waals surface area contributed by atoms with Gasteiger partial charge in [-0.2, -0.15) is 0 Å². The average molecular weight is 363 g/mol. The van der Waals surface area contributed by atoms with E-state index in [1.807, 2.05) is 12.1 Å². The first-order valence-electron chi connectivity index (χ1n) is 9.29. The molecule has 132 valence electrons. The van der Waals surface area contributed by atoms with Gasteiger partial charge in [-0.25, -0.2) is 0 Å². The lowest BCUT2D eigenvalue weighted by Gasteiger charge is -2.47. The van der Waals surface area contributed by atoms with Crippen molar-refractivity contribution in [3.63, 3.8) is 0 Å². The van der Waals surface area contributed by atoms with Crippen molar-refractivity contribution in [2.45, 2.75) is 50.4 Å². The Morgan fingerprint density at radius 2 is 1.92 bits per heavy atom. The van der Waals surface area contributed by atoms with Gasteiger partial charge in [-0.3, -0.25) is 9.59 Å². The van der Waals surface area contributed by atoms with Crippen molar-refractivity contribution in [3.05, 3.63) is 63.6 Å². The average Bonchev–Trinajstić information content (AvgIpc) is 3.17. The summed E-state index contributed by atoms with van der Waals surface area (Å²) in [5.74, 6) is 0.585. The highest BCUT2D eigenvalue weighted by atomic mass is 28.3. The third-order valence-corrected chi connectivity index (χ3v) is 9.21. The predicted octanol–water partition coefficient (Wildman–Crippen LogP) is 4.99. The Morgan fingerprint density at radius 3 is 2.65 bits per heavy atom. The number of ketones is 2. The lowest BCUT2D eigenvalue weighted by Crippen LogP contribution is -2.46. The SMILES string of the molecule is C[C@@]12c3ccc4c(c3C(=O)c3occ(c31)C=C[C@@H]2[Si](C)(C)C)CCC4=O. The number of carbonyl (C=O) groups is 2. The van der Waals surface area contributed by atoms with Crippen molar-refractivity contribution in [3.8, 4) is 0 Å². The van der Waals surface area contributed by atoms with Crippen molar-refractivity contribution >= 4 is 25.7 Å². The molecule has 0 aliphatic heterocycles. The van der Waals surface area contributed by atoms with Gasteiger partial charge >= 0.3 is 0 Å². The zero-order valence-corrected chi connectivity index (χ0v) is 16.6. The molecule has 0 spiro atoms. The van der Waals surface area contributed by atoms with Gasteiger partial charge in [-0.15, -0.1) is 0 Å². The highest BCUT2D eigenvalue weighted by Crippen LogP contribution is 2.57. The topological polar surface area (TPSA) is 47.3 Å². The van der Waals surface area contributed by atoms with Gasteiger partial charge in [0.25, 0.3) is 0 Å². The number of fused-ring (bicyclic) bond motifs is 4. The third-order valence-electron chi connectivity index (χ3n) is 6.57. The van der Waals surface area contributed by atoms with Gasteiger partial charge in [0, 0.05) is 34.1 Å². The summed E-state index contributed by atoms with van der Waals surface area (Å²) in [6, 6.07) is 3.99. The van der Waals surface area contributed by atoms with Crippen LogP contribution in [0.25, 0.3) is 6.08 Å². The van der Waals surface area contributed by atoms with E-state index in [2.05, 4.69) is 38.7 Å². The molecule has 0 bridgehead atoms. The van der Waals surface area contributed by atoms with Crippen LogP contribution in [-0.2, 0) is 11.8 Å². The summed E-state index contributed by atoms with van der Waals surface area (Å²) in [6.07, 6.45) is 7.34. The summed E-state index contributed by atoms with van der Waals surface area (Å²) in [5.41, 5.74) is 5.65. The maximum Gasteiger partial charge on any atom is 0.229 e. The minimum atomic E-state index is -1.58. The zero-order valence-electron chi connectivity index (χ0n) is 15.6. The summed E-state index contributed by atoms with van der Waals surface area (Å²) in [7, 11) is -1.58. The van der Waals surface area contributed by atoms with Crippen LogP contribution in [0.15, 0.2) is 28.9 Å². The van der Waals surface area contributed by atoms with Crippen molar-refractivity contribution in [1.29, 1.82) is 0 Å². The van der Waals surface area contributed by atoms with Crippen molar-refractivity contribution < 1.29 is 14.0 Å². The molecule has 0 amide bonds. The minimum Gasteiger partial charge on any atom is -0.460 e. The molecular weight excluding hydrogens is 340 g/mol. The quantitative estimate of drug-likeness (QED) is 0.671. The Hall–Kier alpha value is -2.20. The van der Waals surface area contributed by atoms with Gasteiger partial charge in [0.05, 0.1) is 14.3 Å². The Balaban J connectivity index is 1.89. The van der Waals surface area contributed by atoms with Gasteiger partial charge in [0.15, 0.2) is 11.5 Å². The van der Waals surface area contributed by atoms with Crippen LogP contribution in [0.3, 0.4) is 0 Å². The molecule has 0 fully saturated rings. The second-order valence-electron chi connectivity index (χ2n) is 9.07. The highest BCUT2D eigenvalue weighted by Gasteiger charge is 2.53. The molecule has 3 aliphatic rings. The minimum absolute atomic E-state index is 0.0464. The molecule has 26 heavy (non-hydrogen) atoms. The van der Waals surface area contributed by atoms with Crippen LogP contribution in [-0.4, -0.2) is 19.6 Å². The second-order valence-corrected chi connectivity index (χ2v) is 14.4. The number of hydrogen-bond acceptors (Lipinski definition) is 3. The van der Waals surface area contributed by atoms with Gasteiger partial charge in [0.1, 0.15) is 0 Å². The van der Waals surface area contributed by atoms with Crippen LogP contribution in [0.5, 0.6) is 0 Å². The molecule has 0 N–H and O–H groups in total. The van der Waals surface area contributed by atoms with Crippen LogP contribution >= 0.6 is 0 Å². The van der Waals surface area contributed by atoms with Crippen LogP contribution in [0, 0.1) is 0 Å². The monoisotopic (exact) mass is 362 g/mol. The van der Waals surface area contributed by atoms with Crippen LogP contribution < -0.4 is 0 Å². The van der Waals surface area contributed by atoms with E-state index in [1.54, 1.807) is 6.26 Å². The number of allylic oxidation sites excluding steroid dienone is 1. The zero-order chi connectivity index (χ0) is 18.4. The third kappa shape index (κ3) is 1.73. The van der Waals surface area contributed by atoms with Crippen molar-refractivity contribution in [1.82, 2.24) is 0 Å². The Kier molecular flexibility index (Phi) is 2.92. The summed E-state index contributed by atoms with van der Waals surface area (Å²) in [4.78, 5) is 25.6. The Bertz CT molecular complexity index is 1030. The number of rotatable bonds is 1. The molecule has 1 aromatic carbocycles. The highest BCUT2D eigenvalue weighted by molar-refractivity contribution is 6.78. The number of Topliss-reactive ketones (excluding diaryl/α,β-unsaturated/α-hetero) is 1. The van der Waals surface area contributed by atoms with Crippen molar-refractivity contribution in [2.24, 2.45) is 0 Å². The number of furan rings is 1. The first-order chi connectivity index (χ1) is 12.2. The standard InChI is InChI=1S/C22H22O3Si/c1-22-15-8-6-13-14(7-9-16(13)23)18(15)20(24)21-19(22)12(11-25-21)5-10-17(22)26(2,3)4/h5-6,8,10-11,17H,7,9H2,1-4H3/t17-,22-/m0/s1. The molecule has 0 saturated heterocycles. The van der Waals surface area contributed by atoms with Crippen molar-refractivity contribution in [2.75, 3.05) is 0 Å². The smallest absolute Gasteiger partial charge is 0.229 e. The second kappa shape index (κ2) is 4.74. The number of hydrogen-bond donors (Lipinski definition) is 0. The van der Waals surface area contributed by atoms with Crippen LogP contribution in [0.2, 0.25) is 25.2 Å². The molecule has 3 aliphatic carbocycles. The maximum absolute atomic E-state index is 13.4. The van der Waals surface area contributed by atoms with Crippen LogP contribution in [0.4, 0.5) is 0 Å². The van der Waals surface area contributed by atoms with E-state index in [1.165, 1.54) is 0 Å². The predicted molar refractivity (Wildman–Crippen MR) is 104 cm³/mol. The van der Waals surface area contributed by atoms with Gasteiger partial charge in [-0.1, -0.05) is 50.8 Å². The molecular formula is C22H22O3Si. The van der Waals surface area contributed by atoms with E-state index in [4.69, 9.17) is 4.42 Å². The maximum atomic E-state index is 13.4. The molecule has 5 rings (SSSR count). The Morgan fingerprint density at radius 1 is 1.15 bits per heavy atom. The summed E-state index contributed by atoms with van der Waals surface area (Å²) >= 11 is 0. The number of carbonyl (C=O) groups excluding carboxylic acids is 2. The molecule has 3 nitrogen and oxygen atoms in total. The fraction of sp³-hybridized carbons (Fsp3) is 0.364. The molecule has 0 radical (unpaired) electrons. The normalized spacial score (nSPS) is 25.9. The van der Waals surface area contributed by atoms with Gasteiger partial charge in [-0.05, 0) is 23.1 Å². The fourth-order valence-corrected chi connectivity index (χ4v) is 8.25. The van der Waals surface area contributed by atoms with E-state index < -0.39 is 8.07 Å². The summed E-state index contributed by atoms with van der Waals surface area (Å²) in [6.45, 7) is 9.41. The molecule has 0 unspecified atom stereocenters. The number of benzene rings is 1. The van der Waals surface area contributed by atoms with Gasteiger partial charge in [0.2, 0.25) is 5.78 Å². The molecule has 4 heteroatoms. The fourth-order valence-electron chi connectivity index (χ4n) is 5.55. The van der Waals surface area contributed by atoms with Gasteiger partial charge < -0.3 is 4.42 Å². The largest absolute Gasteiger partial charge is 0.460 e. The van der Waals surface area contributed by atoms with E-state index >= 15 is 0 Å². The Labute approximate surface area is 154 Å². The first-order valence-corrected chi connectivity index (χ1v) is 12.9. The summed E-state index contributed by atoms with van der Waals surface area (Å²) in [5, 5.41) is 0. The molecule has 2 atom stereocenters. The van der Waals surface area contributed by atoms with E-state index in [9.17, 15) is 9.59 Å². The van der Waals surface area contributed by atoms with E-state index in [0.717, 1.165) is 33.4 Å². The van der Waals surface area contributed by atoms with E-state index in [0.29, 0.717) is 24.1 Å². The molecule has 1 aromatic heterocycles. The lowest BCUT2D eigenvalue weighted by atomic mass is 9.63. The molecule has 0 saturated carbocycles.